The SMILES string of the molecule is Cc1csc(C(C)NC(=O)C2(C(N)=NO)CC(C)C2)n1. The molecular weight excluding hydrogens is 276 g/mol. The first-order valence-corrected chi connectivity index (χ1v) is 7.48. The van der Waals surface area contributed by atoms with E-state index >= 15 is 0 Å². The molecule has 1 aliphatic carbocycles. The van der Waals surface area contributed by atoms with Crippen LogP contribution < -0.4 is 11.1 Å². The van der Waals surface area contributed by atoms with Gasteiger partial charge in [-0.1, -0.05) is 12.1 Å². The zero-order valence-electron chi connectivity index (χ0n) is 11.9. The third-order valence-electron chi connectivity index (χ3n) is 3.78. The number of nitrogens with one attached hydrogen (secondary N) is 1. The summed E-state index contributed by atoms with van der Waals surface area (Å²) in [6, 6.07) is -0.180. The molecule has 6 nitrogen and oxygen atoms in total. The zero-order valence-corrected chi connectivity index (χ0v) is 12.7. The molecule has 1 heterocycles. The first-order valence-electron chi connectivity index (χ1n) is 6.60. The van der Waals surface area contributed by atoms with Gasteiger partial charge in [0.1, 0.15) is 10.4 Å². The molecule has 1 unspecified atom stereocenters. The molecule has 0 spiro atoms. The van der Waals surface area contributed by atoms with Gasteiger partial charge in [0, 0.05) is 11.1 Å². The van der Waals surface area contributed by atoms with Gasteiger partial charge in [-0.05, 0) is 32.6 Å². The number of nitrogens with two attached hydrogens (primary N) is 1. The highest BCUT2D eigenvalue weighted by Gasteiger charge is 2.52. The summed E-state index contributed by atoms with van der Waals surface area (Å²) in [4.78, 5) is 16.8. The number of thiazole rings is 1. The molecule has 1 amide bonds. The highest BCUT2D eigenvalue weighted by atomic mass is 32.1. The van der Waals surface area contributed by atoms with Gasteiger partial charge >= 0.3 is 0 Å². The molecule has 110 valence electrons. The van der Waals surface area contributed by atoms with Gasteiger partial charge in [0.25, 0.3) is 0 Å². The minimum atomic E-state index is -0.866. The van der Waals surface area contributed by atoms with Crippen LogP contribution in [0.3, 0.4) is 0 Å². The largest absolute Gasteiger partial charge is 0.409 e. The fourth-order valence-corrected chi connectivity index (χ4v) is 3.51. The van der Waals surface area contributed by atoms with Crippen LogP contribution in [-0.2, 0) is 4.79 Å². The van der Waals surface area contributed by atoms with E-state index in [1.54, 1.807) is 0 Å². The minimum absolute atomic E-state index is 0.00406. The van der Waals surface area contributed by atoms with Crippen molar-refractivity contribution in [1.82, 2.24) is 10.3 Å². The second kappa shape index (κ2) is 5.40. The normalized spacial score (nSPS) is 27.8. The Morgan fingerprint density at radius 1 is 1.70 bits per heavy atom. The summed E-state index contributed by atoms with van der Waals surface area (Å²) in [6.45, 7) is 5.85. The second-order valence-electron chi connectivity index (χ2n) is 5.60. The van der Waals surface area contributed by atoms with E-state index in [0.29, 0.717) is 18.8 Å². The monoisotopic (exact) mass is 296 g/mol. The Kier molecular flexibility index (Phi) is 3.99. The van der Waals surface area contributed by atoms with E-state index in [2.05, 4.69) is 15.5 Å². The Hall–Kier alpha value is -1.63. The van der Waals surface area contributed by atoms with E-state index in [1.807, 2.05) is 26.2 Å². The fourth-order valence-electron chi connectivity index (χ4n) is 2.70. The standard InChI is InChI=1S/C13H20N4O2S/c1-7-4-13(5-7,11(14)17-19)12(18)16-9(3)10-15-8(2)6-20-10/h6-7,9,19H,4-5H2,1-3H3,(H2,14,17)(H,16,18). The first kappa shape index (κ1) is 14.8. The molecule has 2 rings (SSSR count). The van der Waals surface area contributed by atoms with E-state index in [0.717, 1.165) is 10.7 Å². The number of amidine groups is 1. The molecule has 0 aromatic carbocycles. The average molecular weight is 296 g/mol. The van der Waals surface area contributed by atoms with Crippen molar-refractivity contribution in [2.45, 2.75) is 39.7 Å². The molecule has 1 aromatic heterocycles. The number of carbonyl (C=O) groups excluding carboxylic acids is 1. The molecule has 4 N–H and O–H groups in total. The number of hydrogen-bond donors (Lipinski definition) is 3. The van der Waals surface area contributed by atoms with E-state index in [-0.39, 0.29) is 17.8 Å². The minimum Gasteiger partial charge on any atom is -0.409 e. The predicted octanol–water partition coefficient (Wildman–Crippen LogP) is 1.79. The topological polar surface area (TPSA) is 101 Å². The molecule has 1 saturated carbocycles. The maximum Gasteiger partial charge on any atom is 0.234 e. The number of aromatic nitrogens is 1. The van der Waals surface area contributed by atoms with E-state index < -0.39 is 5.41 Å². The zero-order chi connectivity index (χ0) is 14.9. The van der Waals surface area contributed by atoms with Crippen LogP contribution in [0.1, 0.15) is 43.4 Å². The molecule has 7 heteroatoms. The van der Waals surface area contributed by atoms with Crippen molar-refractivity contribution in [3.63, 3.8) is 0 Å². The maximum absolute atomic E-state index is 12.5. The molecule has 0 aliphatic heterocycles. The van der Waals surface area contributed by atoms with Crippen LogP contribution in [0.4, 0.5) is 0 Å². The summed E-state index contributed by atoms with van der Waals surface area (Å²) >= 11 is 1.51. The third kappa shape index (κ3) is 2.49. The van der Waals surface area contributed by atoms with Crippen molar-refractivity contribution in [3.8, 4) is 0 Å². The van der Waals surface area contributed by atoms with E-state index in [1.165, 1.54) is 11.3 Å². The fraction of sp³-hybridized carbons (Fsp3) is 0.615. The number of oxime groups is 1. The predicted molar refractivity (Wildman–Crippen MR) is 77.6 cm³/mol. The Labute approximate surface area is 122 Å². The number of hydrogen-bond acceptors (Lipinski definition) is 5. The van der Waals surface area contributed by atoms with Gasteiger partial charge in [-0.15, -0.1) is 11.3 Å². The molecular formula is C13H20N4O2S. The summed E-state index contributed by atoms with van der Waals surface area (Å²) in [7, 11) is 0. The quantitative estimate of drug-likeness (QED) is 0.341. The van der Waals surface area contributed by atoms with Gasteiger partial charge in [-0.25, -0.2) is 4.98 Å². The maximum atomic E-state index is 12.5. The van der Waals surface area contributed by atoms with Gasteiger partial charge in [0.15, 0.2) is 5.84 Å². The lowest BCUT2D eigenvalue weighted by Crippen LogP contribution is -2.57. The second-order valence-corrected chi connectivity index (χ2v) is 6.49. The molecule has 20 heavy (non-hydrogen) atoms. The van der Waals surface area contributed by atoms with Crippen molar-refractivity contribution < 1.29 is 10.0 Å². The van der Waals surface area contributed by atoms with Gasteiger partial charge in [0.2, 0.25) is 5.91 Å². The van der Waals surface area contributed by atoms with Gasteiger partial charge < -0.3 is 16.3 Å². The number of nitrogens with zero attached hydrogens (tertiary/aromatic N) is 2. The lowest BCUT2D eigenvalue weighted by Gasteiger charge is -2.44. The summed E-state index contributed by atoms with van der Waals surface area (Å²) in [5.74, 6) is 0.209. The number of amides is 1. The molecule has 0 saturated heterocycles. The van der Waals surface area contributed by atoms with Gasteiger partial charge in [-0.2, -0.15) is 0 Å². The molecule has 0 radical (unpaired) electrons. The number of carbonyl (C=O) groups is 1. The van der Waals surface area contributed by atoms with Crippen LogP contribution in [-0.4, -0.2) is 21.9 Å². The van der Waals surface area contributed by atoms with Crippen molar-refractivity contribution in [2.75, 3.05) is 0 Å². The van der Waals surface area contributed by atoms with Crippen LogP contribution in [0, 0.1) is 18.3 Å². The summed E-state index contributed by atoms with van der Waals surface area (Å²) in [5.41, 5.74) is 5.79. The van der Waals surface area contributed by atoms with E-state index in [9.17, 15) is 4.79 Å². The smallest absolute Gasteiger partial charge is 0.234 e. The van der Waals surface area contributed by atoms with Crippen LogP contribution >= 0.6 is 11.3 Å². The van der Waals surface area contributed by atoms with Crippen LogP contribution in [0.25, 0.3) is 0 Å². The molecule has 0 bridgehead atoms. The summed E-state index contributed by atoms with van der Waals surface area (Å²) in [5, 5.41) is 17.7. The van der Waals surface area contributed by atoms with Crippen LogP contribution in [0.15, 0.2) is 10.5 Å². The average Bonchev–Trinajstić information content (AvgIpc) is 2.80. The number of rotatable bonds is 4. The van der Waals surface area contributed by atoms with E-state index in [4.69, 9.17) is 10.9 Å². The van der Waals surface area contributed by atoms with Crippen molar-refractivity contribution in [3.05, 3.63) is 16.1 Å². The molecule has 1 atom stereocenters. The van der Waals surface area contributed by atoms with Crippen molar-refractivity contribution in [1.29, 1.82) is 0 Å². The van der Waals surface area contributed by atoms with Crippen LogP contribution in [0.5, 0.6) is 0 Å². The third-order valence-corrected chi connectivity index (χ3v) is 4.93. The van der Waals surface area contributed by atoms with Crippen molar-refractivity contribution in [2.24, 2.45) is 22.2 Å². The Bertz CT molecular complexity index is 534. The summed E-state index contributed by atoms with van der Waals surface area (Å²) in [6.07, 6.45) is 1.22. The lowest BCUT2D eigenvalue weighted by molar-refractivity contribution is -0.133. The van der Waals surface area contributed by atoms with Crippen molar-refractivity contribution >= 4 is 23.1 Å². The molecule has 1 fully saturated rings. The Morgan fingerprint density at radius 2 is 2.35 bits per heavy atom. The highest BCUT2D eigenvalue weighted by Crippen LogP contribution is 2.46. The summed E-state index contributed by atoms with van der Waals surface area (Å²) < 4.78 is 0. The Morgan fingerprint density at radius 3 is 2.80 bits per heavy atom. The Balaban J connectivity index is 2.10. The lowest BCUT2D eigenvalue weighted by atomic mass is 9.61. The first-order chi connectivity index (χ1) is 9.39. The molecule has 1 aromatic rings. The van der Waals surface area contributed by atoms with Crippen LogP contribution in [0.2, 0.25) is 0 Å². The highest BCUT2D eigenvalue weighted by molar-refractivity contribution is 7.09. The van der Waals surface area contributed by atoms with Gasteiger partial charge in [0.05, 0.1) is 6.04 Å². The van der Waals surface area contributed by atoms with Gasteiger partial charge in [-0.3, -0.25) is 4.79 Å². The number of aryl methyl sites for hydroxylation is 1. The molecule has 1 aliphatic rings.